The number of nitrogens with zero attached hydrogens (tertiary/aromatic N) is 2. The summed E-state index contributed by atoms with van der Waals surface area (Å²) < 4.78 is 22.0. The minimum atomic E-state index is -0.647. The molecule has 0 bridgehead atoms. The normalized spacial score (nSPS) is 24.0. The molecule has 0 radical (unpaired) electrons. The Hall–Kier alpha value is -2.41. The Balaban J connectivity index is 1.68. The van der Waals surface area contributed by atoms with Crippen LogP contribution in [0.1, 0.15) is 42.6 Å². The second-order valence-electron chi connectivity index (χ2n) is 7.61. The van der Waals surface area contributed by atoms with Crippen LogP contribution in [0.2, 0.25) is 0 Å². The smallest absolute Gasteiger partial charge is 0.343 e. The number of ether oxygens (including phenoxy) is 1. The van der Waals surface area contributed by atoms with Crippen LogP contribution in [0.3, 0.4) is 0 Å². The summed E-state index contributed by atoms with van der Waals surface area (Å²) in [6.45, 7) is 3.47. The van der Waals surface area contributed by atoms with Crippen molar-refractivity contribution in [1.29, 1.82) is 0 Å². The standard InChI is InChI=1S/C20H22FN3O3/c1-2-27-20(26)13-10-24(11-3-4-11)16-9-17(14(21)7-12(16)19(13)25)23-6-5-22-15-8-18(15)23/h7,9-11,15,18,22H,2-6,8H2,1H3. The van der Waals surface area contributed by atoms with Crippen LogP contribution in [0.4, 0.5) is 10.1 Å². The first kappa shape index (κ1) is 16.7. The summed E-state index contributed by atoms with van der Waals surface area (Å²) >= 11 is 0. The van der Waals surface area contributed by atoms with Crippen molar-refractivity contribution in [3.05, 3.63) is 39.9 Å². The van der Waals surface area contributed by atoms with Crippen molar-refractivity contribution in [2.45, 2.75) is 44.3 Å². The van der Waals surface area contributed by atoms with Crippen LogP contribution in [0.5, 0.6) is 0 Å². The van der Waals surface area contributed by atoms with Gasteiger partial charge in [-0.3, -0.25) is 4.79 Å². The molecule has 2 saturated carbocycles. The van der Waals surface area contributed by atoms with E-state index in [4.69, 9.17) is 4.74 Å². The van der Waals surface area contributed by atoms with Crippen LogP contribution < -0.4 is 15.6 Å². The molecule has 0 amide bonds. The van der Waals surface area contributed by atoms with Gasteiger partial charge in [0.1, 0.15) is 11.4 Å². The van der Waals surface area contributed by atoms with Crippen molar-refractivity contribution < 1.29 is 13.9 Å². The third-order valence-electron chi connectivity index (χ3n) is 5.76. The number of benzene rings is 1. The lowest BCUT2D eigenvalue weighted by Crippen LogP contribution is -2.44. The van der Waals surface area contributed by atoms with E-state index in [0.717, 1.165) is 32.4 Å². The van der Waals surface area contributed by atoms with Gasteiger partial charge in [-0.25, -0.2) is 9.18 Å². The number of hydrogen-bond donors (Lipinski definition) is 1. The molecule has 1 aromatic carbocycles. The van der Waals surface area contributed by atoms with Gasteiger partial charge in [-0.1, -0.05) is 0 Å². The van der Waals surface area contributed by atoms with Gasteiger partial charge in [0, 0.05) is 42.8 Å². The molecule has 2 aliphatic carbocycles. The third kappa shape index (κ3) is 2.72. The molecule has 1 saturated heterocycles. The lowest BCUT2D eigenvalue weighted by Gasteiger charge is -2.30. The van der Waals surface area contributed by atoms with E-state index in [-0.39, 0.29) is 23.6 Å². The molecule has 27 heavy (non-hydrogen) atoms. The van der Waals surface area contributed by atoms with Crippen molar-refractivity contribution >= 4 is 22.6 Å². The first-order chi connectivity index (χ1) is 13.1. The fourth-order valence-corrected chi connectivity index (χ4v) is 4.17. The SMILES string of the molecule is CCOC(=O)c1cn(C2CC2)c2cc(N3CCNC4CC43)c(F)cc2c1=O. The number of pyridine rings is 1. The summed E-state index contributed by atoms with van der Waals surface area (Å²) in [6, 6.07) is 4.10. The second kappa shape index (κ2) is 6.05. The molecule has 2 unspecified atom stereocenters. The fraction of sp³-hybridized carbons (Fsp3) is 0.500. The van der Waals surface area contributed by atoms with Crippen molar-refractivity contribution in [3.63, 3.8) is 0 Å². The number of carbonyl (C=O) groups excluding carboxylic acids is 1. The van der Waals surface area contributed by atoms with Gasteiger partial charge in [-0.15, -0.1) is 0 Å². The molecule has 7 heteroatoms. The molecule has 0 spiro atoms. The van der Waals surface area contributed by atoms with Crippen LogP contribution in [-0.4, -0.2) is 42.3 Å². The number of fused-ring (bicyclic) bond motifs is 2. The van der Waals surface area contributed by atoms with Crippen molar-refractivity contribution in [2.75, 3.05) is 24.6 Å². The average Bonchev–Trinajstić information content (AvgIpc) is 3.54. The lowest BCUT2D eigenvalue weighted by molar-refractivity contribution is 0.0524. The molecule has 6 nitrogen and oxygen atoms in total. The van der Waals surface area contributed by atoms with Gasteiger partial charge in [0.15, 0.2) is 0 Å². The topological polar surface area (TPSA) is 63.6 Å². The predicted molar refractivity (Wildman–Crippen MR) is 99.9 cm³/mol. The zero-order chi connectivity index (χ0) is 18.7. The Morgan fingerprint density at radius 1 is 1.37 bits per heavy atom. The molecule has 5 rings (SSSR count). The van der Waals surface area contributed by atoms with E-state index >= 15 is 0 Å². The molecule has 142 valence electrons. The largest absolute Gasteiger partial charge is 0.462 e. The molecule has 3 fully saturated rings. The van der Waals surface area contributed by atoms with Crippen LogP contribution in [0.15, 0.2) is 23.1 Å². The number of piperazine rings is 1. The average molecular weight is 371 g/mol. The lowest BCUT2D eigenvalue weighted by atomic mass is 10.1. The van der Waals surface area contributed by atoms with Gasteiger partial charge in [-0.2, -0.15) is 0 Å². The number of nitrogens with one attached hydrogen (secondary N) is 1. The number of anilines is 1. The van der Waals surface area contributed by atoms with E-state index in [1.807, 2.05) is 4.57 Å². The number of halogens is 1. The molecule has 2 heterocycles. The summed E-state index contributed by atoms with van der Waals surface area (Å²) in [5.41, 5.74) is 0.764. The van der Waals surface area contributed by atoms with Gasteiger partial charge < -0.3 is 19.5 Å². The van der Waals surface area contributed by atoms with Gasteiger partial charge in [0.05, 0.1) is 17.8 Å². The molecule has 2 aromatic rings. The van der Waals surface area contributed by atoms with E-state index in [1.165, 1.54) is 6.07 Å². The Morgan fingerprint density at radius 2 is 2.19 bits per heavy atom. The monoisotopic (exact) mass is 371 g/mol. The van der Waals surface area contributed by atoms with Gasteiger partial charge >= 0.3 is 5.97 Å². The number of rotatable bonds is 4. The Kier molecular flexibility index (Phi) is 3.75. The molecule has 1 N–H and O–H groups in total. The predicted octanol–water partition coefficient (Wildman–Crippen LogP) is 2.20. The zero-order valence-corrected chi connectivity index (χ0v) is 15.2. The number of hydrogen-bond acceptors (Lipinski definition) is 5. The third-order valence-corrected chi connectivity index (χ3v) is 5.76. The van der Waals surface area contributed by atoms with Crippen molar-refractivity contribution in [2.24, 2.45) is 0 Å². The Morgan fingerprint density at radius 3 is 2.93 bits per heavy atom. The summed E-state index contributed by atoms with van der Waals surface area (Å²) in [6.07, 6.45) is 4.60. The zero-order valence-electron chi connectivity index (χ0n) is 15.2. The number of esters is 1. The van der Waals surface area contributed by atoms with E-state index in [0.29, 0.717) is 23.3 Å². The van der Waals surface area contributed by atoms with Crippen LogP contribution in [-0.2, 0) is 4.74 Å². The van der Waals surface area contributed by atoms with Gasteiger partial charge in [0.25, 0.3) is 0 Å². The summed E-state index contributed by atoms with van der Waals surface area (Å²) in [7, 11) is 0. The van der Waals surface area contributed by atoms with E-state index in [1.54, 1.807) is 19.2 Å². The molecule has 1 aromatic heterocycles. The van der Waals surface area contributed by atoms with E-state index in [9.17, 15) is 14.0 Å². The fourth-order valence-electron chi connectivity index (χ4n) is 4.17. The highest BCUT2D eigenvalue weighted by Crippen LogP contribution is 2.40. The molecular formula is C20H22FN3O3. The van der Waals surface area contributed by atoms with Gasteiger partial charge in [0.2, 0.25) is 5.43 Å². The highest BCUT2D eigenvalue weighted by atomic mass is 19.1. The molecular weight excluding hydrogens is 349 g/mol. The Bertz CT molecular complexity index is 998. The van der Waals surface area contributed by atoms with Crippen LogP contribution >= 0.6 is 0 Å². The van der Waals surface area contributed by atoms with E-state index < -0.39 is 17.2 Å². The number of aromatic nitrogens is 1. The quantitative estimate of drug-likeness (QED) is 0.835. The second-order valence-corrected chi connectivity index (χ2v) is 7.61. The highest BCUT2D eigenvalue weighted by Gasteiger charge is 2.45. The first-order valence-electron chi connectivity index (χ1n) is 9.64. The van der Waals surface area contributed by atoms with Crippen LogP contribution in [0, 0.1) is 5.82 Å². The van der Waals surface area contributed by atoms with Crippen LogP contribution in [0.25, 0.3) is 10.9 Å². The maximum atomic E-state index is 15.0. The maximum absolute atomic E-state index is 15.0. The first-order valence-corrected chi connectivity index (χ1v) is 9.64. The minimum Gasteiger partial charge on any atom is -0.462 e. The maximum Gasteiger partial charge on any atom is 0.343 e. The van der Waals surface area contributed by atoms with Gasteiger partial charge in [-0.05, 0) is 38.3 Å². The summed E-state index contributed by atoms with van der Waals surface area (Å²) in [4.78, 5) is 27.2. The summed E-state index contributed by atoms with van der Waals surface area (Å²) in [5, 5.41) is 3.67. The van der Waals surface area contributed by atoms with Crippen molar-refractivity contribution in [3.8, 4) is 0 Å². The van der Waals surface area contributed by atoms with E-state index in [2.05, 4.69) is 10.2 Å². The molecule has 1 aliphatic heterocycles. The minimum absolute atomic E-state index is 0.0205. The number of carbonyl (C=O) groups is 1. The molecule has 3 aliphatic rings. The summed E-state index contributed by atoms with van der Waals surface area (Å²) in [5.74, 6) is -1.05. The van der Waals surface area contributed by atoms with Crippen molar-refractivity contribution in [1.82, 2.24) is 9.88 Å². The molecule has 2 atom stereocenters. The highest BCUT2D eigenvalue weighted by molar-refractivity contribution is 5.94. The Labute approximate surface area is 155 Å².